The van der Waals surface area contributed by atoms with Gasteiger partial charge in [-0.05, 0) is 11.5 Å². The topological polar surface area (TPSA) is 127 Å². The minimum atomic E-state index is -0.866. The number of ketones is 2. The van der Waals surface area contributed by atoms with Crippen LogP contribution in [0, 0.1) is 11.8 Å². The molecular formula is C21H24N4O5S. The molecule has 31 heavy (non-hydrogen) atoms. The lowest BCUT2D eigenvalue weighted by atomic mass is 9.88. The first-order valence-electron chi connectivity index (χ1n) is 9.96. The molecule has 2 atom stereocenters. The van der Waals surface area contributed by atoms with Gasteiger partial charge in [0.25, 0.3) is 5.91 Å². The Bertz CT molecular complexity index is 960. The van der Waals surface area contributed by atoms with Gasteiger partial charge in [0.15, 0.2) is 5.78 Å². The van der Waals surface area contributed by atoms with Gasteiger partial charge in [-0.1, -0.05) is 55.5 Å². The van der Waals surface area contributed by atoms with Gasteiger partial charge in [-0.15, -0.1) is 10.2 Å². The van der Waals surface area contributed by atoms with E-state index in [-0.39, 0.29) is 37.7 Å². The monoisotopic (exact) mass is 444 g/mol. The molecule has 2 aromatic rings. The van der Waals surface area contributed by atoms with Gasteiger partial charge in [0.1, 0.15) is 16.6 Å². The van der Waals surface area contributed by atoms with Crippen molar-refractivity contribution in [2.45, 2.75) is 45.9 Å². The highest BCUT2D eigenvalue weighted by Crippen LogP contribution is 2.21. The van der Waals surface area contributed by atoms with Crippen LogP contribution in [0.5, 0.6) is 0 Å². The molecule has 2 heterocycles. The maximum Gasteiger partial charge on any atom is 0.408 e. The zero-order valence-electron chi connectivity index (χ0n) is 17.3. The zero-order chi connectivity index (χ0) is 22.4. The molecule has 2 amide bonds. The number of carbonyl (C=O) groups is 4. The number of amides is 2. The number of alkyl carbamates (subject to hydrolysis) is 1. The van der Waals surface area contributed by atoms with Crippen LogP contribution in [0.1, 0.15) is 35.8 Å². The molecule has 3 rings (SSSR count). The van der Waals surface area contributed by atoms with E-state index in [0.29, 0.717) is 10.0 Å². The molecule has 0 spiro atoms. The van der Waals surface area contributed by atoms with Gasteiger partial charge in [0.05, 0.1) is 12.6 Å². The van der Waals surface area contributed by atoms with Crippen LogP contribution in [-0.4, -0.2) is 39.8 Å². The molecule has 2 unspecified atom stereocenters. The van der Waals surface area contributed by atoms with Gasteiger partial charge < -0.3 is 15.4 Å². The van der Waals surface area contributed by atoms with Crippen LogP contribution in [0.15, 0.2) is 30.3 Å². The van der Waals surface area contributed by atoms with E-state index in [9.17, 15) is 19.2 Å². The Morgan fingerprint density at radius 2 is 1.90 bits per heavy atom. The van der Waals surface area contributed by atoms with E-state index in [1.165, 1.54) is 11.3 Å². The van der Waals surface area contributed by atoms with Gasteiger partial charge in [-0.3, -0.25) is 14.4 Å². The largest absolute Gasteiger partial charge is 0.445 e. The number of aromatic nitrogens is 2. The summed E-state index contributed by atoms with van der Waals surface area (Å²) in [4.78, 5) is 49.9. The van der Waals surface area contributed by atoms with E-state index in [0.717, 1.165) is 5.56 Å². The number of hydrogen-bond donors (Lipinski definition) is 2. The lowest BCUT2D eigenvalue weighted by molar-refractivity contribution is -0.141. The molecule has 1 aliphatic rings. The molecular weight excluding hydrogens is 420 g/mol. The zero-order valence-corrected chi connectivity index (χ0v) is 18.1. The summed E-state index contributed by atoms with van der Waals surface area (Å²) in [6.45, 7) is 3.78. The summed E-state index contributed by atoms with van der Waals surface area (Å²) >= 11 is 1.30. The van der Waals surface area contributed by atoms with Crippen LogP contribution in [0.2, 0.25) is 0 Å². The van der Waals surface area contributed by atoms with E-state index >= 15 is 0 Å². The summed E-state index contributed by atoms with van der Waals surface area (Å²) in [6.07, 6.45) is -0.759. The third kappa shape index (κ3) is 6.17. The number of fused-ring (bicyclic) bond motifs is 2. The molecule has 1 aromatic heterocycles. The van der Waals surface area contributed by atoms with E-state index in [2.05, 4.69) is 20.8 Å². The fraction of sp³-hybridized carbons (Fsp3) is 0.429. The van der Waals surface area contributed by atoms with Crippen molar-refractivity contribution in [3.8, 4) is 0 Å². The van der Waals surface area contributed by atoms with Crippen molar-refractivity contribution in [3.63, 3.8) is 0 Å². The molecule has 10 heteroatoms. The van der Waals surface area contributed by atoms with Crippen LogP contribution in [0.4, 0.5) is 4.79 Å². The first-order valence-corrected chi connectivity index (χ1v) is 10.8. The van der Waals surface area contributed by atoms with Crippen molar-refractivity contribution < 1.29 is 23.9 Å². The summed E-state index contributed by atoms with van der Waals surface area (Å²) in [5, 5.41) is 14.3. The molecule has 0 saturated heterocycles. The molecule has 1 aliphatic heterocycles. The third-order valence-corrected chi connectivity index (χ3v) is 5.82. The van der Waals surface area contributed by atoms with Crippen LogP contribution >= 0.6 is 11.3 Å². The second-order valence-electron chi connectivity index (χ2n) is 7.64. The van der Waals surface area contributed by atoms with E-state index in [1.54, 1.807) is 13.8 Å². The molecule has 9 nitrogen and oxygen atoms in total. The quantitative estimate of drug-likeness (QED) is 0.624. The number of rotatable bonds is 7. The van der Waals surface area contributed by atoms with Crippen LogP contribution in [0.3, 0.4) is 0 Å². The van der Waals surface area contributed by atoms with Crippen LogP contribution in [0.25, 0.3) is 0 Å². The van der Waals surface area contributed by atoms with Crippen molar-refractivity contribution in [2.24, 2.45) is 11.8 Å². The Hall–Kier alpha value is -3.14. The predicted molar refractivity (Wildman–Crippen MR) is 112 cm³/mol. The number of Topliss-reactive ketones (excluding diaryl/α,β-unsaturated/α-hetero) is 2. The molecule has 1 aromatic carbocycles. The predicted octanol–water partition coefficient (Wildman–Crippen LogP) is 1.81. The lowest BCUT2D eigenvalue weighted by Crippen LogP contribution is -2.46. The number of hydrogen-bond acceptors (Lipinski definition) is 8. The Morgan fingerprint density at radius 3 is 2.61 bits per heavy atom. The average Bonchev–Trinajstić information content (AvgIpc) is 3.21. The molecule has 0 saturated carbocycles. The molecule has 0 aliphatic carbocycles. The first kappa shape index (κ1) is 22.5. The molecule has 0 fully saturated rings. The molecule has 164 valence electrons. The summed E-state index contributed by atoms with van der Waals surface area (Å²) in [6, 6.07) is 8.33. The Kier molecular flexibility index (Phi) is 7.45. The number of nitrogens with one attached hydrogen (secondary N) is 2. The molecule has 2 bridgehead atoms. The average molecular weight is 445 g/mol. The first-order chi connectivity index (χ1) is 14.8. The second-order valence-corrected chi connectivity index (χ2v) is 8.78. The molecule has 0 radical (unpaired) electrons. The van der Waals surface area contributed by atoms with Crippen molar-refractivity contribution in [1.29, 1.82) is 0 Å². The third-order valence-electron chi connectivity index (χ3n) is 4.87. The highest BCUT2D eigenvalue weighted by molar-refractivity contribution is 7.11. The number of ether oxygens (including phenoxy) is 1. The fourth-order valence-electron chi connectivity index (χ4n) is 3.22. The number of nitrogens with zero attached hydrogens (tertiary/aromatic N) is 2. The molecule has 2 N–H and O–H groups in total. The van der Waals surface area contributed by atoms with Gasteiger partial charge in [-0.2, -0.15) is 0 Å². The van der Waals surface area contributed by atoms with Gasteiger partial charge in [0.2, 0.25) is 5.78 Å². The lowest BCUT2D eigenvalue weighted by Gasteiger charge is -2.23. The van der Waals surface area contributed by atoms with E-state index < -0.39 is 29.7 Å². The standard InChI is InChI=1S/C21H24N4O5S/c1-12(2)18(23-21(29)30-11-13-6-4-3-5-7-13)15(26)8-14-9-16-24-25-17(31-16)10-22-20(28)19(14)27/h3-7,12,14,18H,8-11H2,1-2H3,(H,22,28)(H,23,29). The minimum absolute atomic E-state index is 0.0757. The highest BCUT2D eigenvalue weighted by atomic mass is 32.1. The summed E-state index contributed by atoms with van der Waals surface area (Å²) < 4.78 is 5.21. The van der Waals surface area contributed by atoms with Gasteiger partial charge >= 0.3 is 6.09 Å². The summed E-state index contributed by atoms with van der Waals surface area (Å²) in [5.74, 6) is -2.86. The van der Waals surface area contributed by atoms with Crippen molar-refractivity contribution in [1.82, 2.24) is 20.8 Å². The van der Waals surface area contributed by atoms with Gasteiger partial charge in [-0.25, -0.2) is 4.79 Å². The fourth-order valence-corrected chi connectivity index (χ4v) is 4.08. The maximum atomic E-state index is 13.0. The van der Waals surface area contributed by atoms with Crippen molar-refractivity contribution >= 4 is 34.9 Å². The number of carbonyl (C=O) groups excluding carboxylic acids is 4. The summed E-state index contributed by atoms with van der Waals surface area (Å²) in [7, 11) is 0. The normalized spacial score (nSPS) is 17.2. The SMILES string of the molecule is CC(C)C(NC(=O)OCc1ccccc1)C(=O)CC1Cc2nnc(s2)CNC(=O)C1=O. The van der Waals surface area contributed by atoms with Crippen molar-refractivity contribution in [2.75, 3.05) is 0 Å². The van der Waals surface area contributed by atoms with E-state index in [4.69, 9.17) is 4.74 Å². The smallest absolute Gasteiger partial charge is 0.408 e. The second kappa shape index (κ2) is 10.3. The minimum Gasteiger partial charge on any atom is -0.445 e. The summed E-state index contributed by atoms with van der Waals surface area (Å²) in [5.41, 5.74) is 0.823. The Labute approximate surface area is 183 Å². The van der Waals surface area contributed by atoms with Crippen LogP contribution in [-0.2, 0) is 38.7 Å². The van der Waals surface area contributed by atoms with Gasteiger partial charge in [0, 0.05) is 18.8 Å². The van der Waals surface area contributed by atoms with Crippen molar-refractivity contribution in [3.05, 3.63) is 45.9 Å². The maximum absolute atomic E-state index is 13.0. The number of benzene rings is 1. The Balaban J connectivity index is 1.64. The van der Waals surface area contributed by atoms with E-state index in [1.807, 2.05) is 30.3 Å². The highest BCUT2D eigenvalue weighted by Gasteiger charge is 2.34. The van der Waals surface area contributed by atoms with Crippen LogP contribution < -0.4 is 10.6 Å². The Morgan fingerprint density at radius 1 is 1.19 bits per heavy atom.